The van der Waals surface area contributed by atoms with Crippen molar-refractivity contribution in [3.8, 4) is 22.8 Å². The van der Waals surface area contributed by atoms with E-state index in [9.17, 15) is 0 Å². The molecule has 1 aromatic heterocycles. The first-order valence-corrected chi connectivity index (χ1v) is 6.31. The Kier molecular flexibility index (Phi) is 3.84. The number of hydrogen-bond donors (Lipinski definition) is 1. The molecule has 2 N–H and O–H groups in total. The molecule has 95 valence electrons. The molecular weight excluding hydrogens is 248 g/mol. The lowest BCUT2D eigenvalue weighted by Crippen LogP contribution is -2.02. The second kappa shape index (κ2) is 5.37. The van der Waals surface area contributed by atoms with Crippen LogP contribution in [0.3, 0.4) is 0 Å². The van der Waals surface area contributed by atoms with Crippen molar-refractivity contribution in [2.75, 3.05) is 14.2 Å². The van der Waals surface area contributed by atoms with E-state index in [0.717, 1.165) is 33.2 Å². The highest BCUT2D eigenvalue weighted by atomic mass is 32.1. The molecule has 4 nitrogen and oxygen atoms in total. The van der Waals surface area contributed by atoms with Crippen molar-refractivity contribution in [3.05, 3.63) is 28.1 Å². The Balaban J connectivity index is 2.62. The normalized spacial score (nSPS) is 10.4. The van der Waals surface area contributed by atoms with Crippen molar-refractivity contribution in [3.63, 3.8) is 0 Å². The van der Waals surface area contributed by atoms with Crippen LogP contribution in [0.5, 0.6) is 11.5 Å². The van der Waals surface area contributed by atoms with E-state index < -0.39 is 0 Å². The summed E-state index contributed by atoms with van der Waals surface area (Å²) in [4.78, 5) is 5.36. The van der Waals surface area contributed by atoms with Crippen molar-refractivity contribution in [2.24, 2.45) is 5.73 Å². The molecule has 1 radical (unpaired) electrons. The monoisotopic (exact) mass is 263 g/mol. The summed E-state index contributed by atoms with van der Waals surface area (Å²) in [5.74, 6) is 1.46. The second-order valence-electron chi connectivity index (χ2n) is 3.78. The standard InChI is InChI=1S/C13H15N2O2S/c1-8-13(15-7-18-8)10-4-9(6-14)11(16-2)5-12(10)17-3/h4-5H,6,14H2,1-3H3. The van der Waals surface area contributed by atoms with Crippen LogP contribution in [0.25, 0.3) is 11.3 Å². The molecule has 1 heterocycles. The fraction of sp³-hybridized carbons (Fsp3) is 0.308. The molecule has 5 heteroatoms. The lowest BCUT2D eigenvalue weighted by Gasteiger charge is -2.13. The van der Waals surface area contributed by atoms with Gasteiger partial charge in [-0.3, -0.25) is 0 Å². The molecule has 0 amide bonds. The van der Waals surface area contributed by atoms with E-state index in [0.29, 0.717) is 6.54 Å². The summed E-state index contributed by atoms with van der Waals surface area (Å²) < 4.78 is 10.7. The highest BCUT2D eigenvalue weighted by molar-refractivity contribution is 7.09. The molecular formula is C13H15N2O2S. The maximum Gasteiger partial charge on any atom is 0.153 e. The zero-order valence-corrected chi connectivity index (χ0v) is 11.4. The summed E-state index contributed by atoms with van der Waals surface area (Å²) in [7, 11) is 3.25. The van der Waals surface area contributed by atoms with Gasteiger partial charge in [0, 0.05) is 28.6 Å². The zero-order valence-electron chi connectivity index (χ0n) is 10.6. The fourth-order valence-electron chi connectivity index (χ4n) is 1.82. The number of ether oxygens (including phenoxy) is 2. The van der Waals surface area contributed by atoms with Gasteiger partial charge in [-0.25, -0.2) is 4.98 Å². The van der Waals surface area contributed by atoms with Crippen LogP contribution in [0.4, 0.5) is 0 Å². The number of thiazole rings is 1. The summed E-state index contributed by atoms with van der Waals surface area (Å²) >= 11 is 1.49. The van der Waals surface area contributed by atoms with Gasteiger partial charge >= 0.3 is 0 Å². The molecule has 18 heavy (non-hydrogen) atoms. The SMILES string of the molecule is COc1cc(OC)c(-c2n[c]sc2C)cc1CN. The molecule has 0 fully saturated rings. The van der Waals surface area contributed by atoms with Crippen LogP contribution < -0.4 is 15.2 Å². The van der Waals surface area contributed by atoms with Crippen molar-refractivity contribution in [1.82, 2.24) is 4.98 Å². The first kappa shape index (κ1) is 12.9. The van der Waals surface area contributed by atoms with E-state index in [-0.39, 0.29) is 0 Å². The van der Waals surface area contributed by atoms with E-state index in [1.165, 1.54) is 11.3 Å². The highest BCUT2D eigenvalue weighted by Crippen LogP contribution is 2.37. The van der Waals surface area contributed by atoms with E-state index in [4.69, 9.17) is 15.2 Å². The molecule has 1 aromatic carbocycles. The van der Waals surface area contributed by atoms with Gasteiger partial charge in [0.05, 0.1) is 19.9 Å². The number of methoxy groups -OCH3 is 2. The quantitative estimate of drug-likeness (QED) is 0.920. The Morgan fingerprint density at radius 2 is 2.00 bits per heavy atom. The molecule has 0 unspecified atom stereocenters. The Labute approximate surface area is 110 Å². The lowest BCUT2D eigenvalue weighted by atomic mass is 10.0. The number of rotatable bonds is 4. The van der Waals surface area contributed by atoms with Crippen molar-refractivity contribution < 1.29 is 9.47 Å². The van der Waals surface area contributed by atoms with E-state index in [1.807, 2.05) is 19.1 Å². The van der Waals surface area contributed by atoms with Crippen molar-refractivity contribution >= 4 is 11.3 Å². The summed E-state index contributed by atoms with van der Waals surface area (Å²) in [6.45, 7) is 2.42. The number of aryl methyl sites for hydroxylation is 1. The number of nitrogens with zero attached hydrogens (tertiary/aromatic N) is 1. The number of hydrogen-bond acceptors (Lipinski definition) is 5. The largest absolute Gasteiger partial charge is 0.496 e. The van der Waals surface area contributed by atoms with Crippen LogP contribution in [0.15, 0.2) is 12.1 Å². The van der Waals surface area contributed by atoms with Gasteiger partial charge < -0.3 is 15.2 Å². The van der Waals surface area contributed by atoms with E-state index in [2.05, 4.69) is 10.5 Å². The molecule has 2 aromatic rings. The fourth-order valence-corrected chi connectivity index (χ4v) is 2.35. The van der Waals surface area contributed by atoms with Gasteiger partial charge in [-0.05, 0) is 13.0 Å². The summed E-state index contributed by atoms with van der Waals surface area (Å²) in [5.41, 5.74) is 11.4. The predicted molar refractivity (Wildman–Crippen MR) is 72.1 cm³/mol. The van der Waals surface area contributed by atoms with E-state index in [1.54, 1.807) is 14.2 Å². The molecule has 0 aliphatic heterocycles. The minimum atomic E-state index is 0.410. The van der Waals surface area contributed by atoms with Gasteiger partial charge in [0.15, 0.2) is 5.51 Å². The van der Waals surface area contributed by atoms with Crippen molar-refractivity contribution in [1.29, 1.82) is 0 Å². The van der Waals surface area contributed by atoms with Gasteiger partial charge in [-0.2, -0.15) is 0 Å². The van der Waals surface area contributed by atoms with Gasteiger partial charge in [-0.15, -0.1) is 11.3 Å². The van der Waals surface area contributed by atoms with E-state index >= 15 is 0 Å². The first-order chi connectivity index (χ1) is 8.71. The smallest absolute Gasteiger partial charge is 0.153 e. The average molecular weight is 263 g/mol. The Morgan fingerprint density at radius 3 is 2.50 bits per heavy atom. The maximum absolute atomic E-state index is 5.73. The number of benzene rings is 1. The first-order valence-electron chi connectivity index (χ1n) is 5.50. The predicted octanol–water partition coefficient (Wildman–Crippen LogP) is 2.39. The summed E-state index contributed by atoms with van der Waals surface area (Å²) in [6, 6.07) is 3.81. The Morgan fingerprint density at radius 1 is 1.28 bits per heavy atom. The van der Waals surface area contributed by atoms with Gasteiger partial charge in [-0.1, -0.05) is 0 Å². The molecule has 0 bridgehead atoms. The molecule has 0 saturated heterocycles. The molecule has 0 aliphatic carbocycles. The van der Waals surface area contributed by atoms with Crippen LogP contribution in [-0.2, 0) is 6.54 Å². The van der Waals surface area contributed by atoms with Crippen LogP contribution in [0.2, 0.25) is 0 Å². The third-order valence-corrected chi connectivity index (χ3v) is 3.45. The zero-order chi connectivity index (χ0) is 13.1. The number of aromatic nitrogens is 1. The molecule has 0 saturated carbocycles. The lowest BCUT2D eigenvalue weighted by molar-refractivity contribution is 0.392. The molecule has 0 atom stereocenters. The third kappa shape index (κ3) is 2.19. The maximum atomic E-state index is 5.73. The third-order valence-electron chi connectivity index (χ3n) is 2.77. The van der Waals surface area contributed by atoms with Gasteiger partial charge in [0.2, 0.25) is 0 Å². The van der Waals surface area contributed by atoms with Crippen molar-refractivity contribution in [2.45, 2.75) is 13.5 Å². The topological polar surface area (TPSA) is 57.4 Å². The molecule has 2 rings (SSSR count). The van der Waals surface area contributed by atoms with Crippen LogP contribution in [-0.4, -0.2) is 19.2 Å². The minimum Gasteiger partial charge on any atom is -0.496 e. The molecule has 0 aliphatic rings. The summed E-state index contributed by atoms with van der Waals surface area (Å²) in [6.07, 6.45) is 0. The highest BCUT2D eigenvalue weighted by Gasteiger charge is 2.15. The average Bonchev–Trinajstić information content (AvgIpc) is 2.83. The van der Waals surface area contributed by atoms with Crippen LogP contribution >= 0.6 is 11.3 Å². The van der Waals surface area contributed by atoms with Gasteiger partial charge in [0.1, 0.15) is 11.5 Å². The van der Waals surface area contributed by atoms with Crippen LogP contribution in [0, 0.1) is 12.4 Å². The minimum absolute atomic E-state index is 0.410. The van der Waals surface area contributed by atoms with Crippen LogP contribution in [0.1, 0.15) is 10.4 Å². The summed E-state index contributed by atoms with van der Waals surface area (Å²) in [5, 5.41) is 0. The second-order valence-corrected chi connectivity index (χ2v) is 4.78. The molecule has 0 spiro atoms. The number of nitrogens with two attached hydrogens (primary N) is 1. The Hall–Kier alpha value is -1.59. The Bertz CT molecular complexity index is 552. The van der Waals surface area contributed by atoms with Gasteiger partial charge in [0.25, 0.3) is 0 Å².